The highest BCUT2D eigenvalue weighted by Crippen LogP contribution is 2.30. The highest BCUT2D eigenvalue weighted by atomic mass is 79.9. The van der Waals surface area contributed by atoms with Crippen LogP contribution in [0.15, 0.2) is 56.5 Å². The second-order valence-corrected chi connectivity index (χ2v) is 7.79. The van der Waals surface area contributed by atoms with Crippen LogP contribution in [-0.4, -0.2) is 5.78 Å². The van der Waals surface area contributed by atoms with Crippen molar-refractivity contribution >= 4 is 61.2 Å². The molecule has 4 N–H and O–H groups in total. The first-order valence-electron chi connectivity index (χ1n) is 8.00. The summed E-state index contributed by atoms with van der Waals surface area (Å²) in [6, 6.07) is 11.4. The lowest BCUT2D eigenvalue weighted by atomic mass is 9.87. The number of nitrogens with two attached hydrogens (primary N) is 2. The average molecular weight is 462 g/mol. The first-order valence-corrected chi connectivity index (χ1v) is 9.58. The SMILES string of the molecule is Nc1ccc(/C=C2\CCC/C(=C\c3ccc(N)c(Br)c3)C2=O)cc1Br. The minimum Gasteiger partial charge on any atom is -0.398 e. The van der Waals surface area contributed by atoms with Crippen molar-refractivity contribution < 1.29 is 4.79 Å². The van der Waals surface area contributed by atoms with Crippen LogP contribution in [0, 0.1) is 0 Å². The van der Waals surface area contributed by atoms with Gasteiger partial charge in [0, 0.05) is 31.5 Å². The Hall–Kier alpha value is -1.85. The van der Waals surface area contributed by atoms with Crippen LogP contribution in [0.3, 0.4) is 0 Å². The van der Waals surface area contributed by atoms with E-state index in [4.69, 9.17) is 11.5 Å². The molecule has 1 aliphatic rings. The molecule has 0 heterocycles. The minimum atomic E-state index is 0.118. The van der Waals surface area contributed by atoms with E-state index >= 15 is 0 Å². The molecule has 0 amide bonds. The van der Waals surface area contributed by atoms with E-state index in [1.165, 1.54) is 0 Å². The van der Waals surface area contributed by atoms with Crippen LogP contribution in [0.2, 0.25) is 0 Å². The summed E-state index contributed by atoms with van der Waals surface area (Å²) in [5.41, 5.74) is 16.6. The molecule has 25 heavy (non-hydrogen) atoms. The van der Waals surface area contributed by atoms with Crippen molar-refractivity contribution in [3.63, 3.8) is 0 Å². The highest BCUT2D eigenvalue weighted by Gasteiger charge is 2.20. The molecular formula is C20H18Br2N2O. The van der Waals surface area contributed by atoms with Crippen molar-refractivity contribution in [1.82, 2.24) is 0 Å². The summed E-state index contributed by atoms with van der Waals surface area (Å²) in [6.45, 7) is 0. The molecule has 3 nitrogen and oxygen atoms in total. The molecular weight excluding hydrogens is 444 g/mol. The fraction of sp³-hybridized carbons (Fsp3) is 0.150. The van der Waals surface area contributed by atoms with Crippen molar-refractivity contribution in [2.45, 2.75) is 19.3 Å². The molecule has 0 atom stereocenters. The van der Waals surface area contributed by atoms with Crippen LogP contribution < -0.4 is 11.5 Å². The quantitative estimate of drug-likeness (QED) is 0.452. The molecule has 0 unspecified atom stereocenters. The predicted molar refractivity (Wildman–Crippen MR) is 112 cm³/mol. The fourth-order valence-electron chi connectivity index (χ4n) is 2.85. The molecule has 0 spiro atoms. The molecule has 3 rings (SSSR count). The van der Waals surface area contributed by atoms with E-state index in [-0.39, 0.29) is 5.78 Å². The van der Waals surface area contributed by atoms with Crippen molar-refractivity contribution in [3.05, 3.63) is 67.6 Å². The van der Waals surface area contributed by atoms with Gasteiger partial charge in [-0.05, 0) is 98.7 Å². The van der Waals surface area contributed by atoms with Gasteiger partial charge in [0.1, 0.15) is 0 Å². The van der Waals surface area contributed by atoms with E-state index in [9.17, 15) is 4.79 Å². The molecule has 2 aromatic rings. The monoisotopic (exact) mass is 460 g/mol. The third-order valence-corrected chi connectivity index (χ3v) is 5.58. The van der Waals surface area contributed by atoms with Gasteiger partial charge >= 0.3 is 0 Å². The van der Waals surface area contributed by atoms with E-state index in [0.717, 1.165) is 50.5 Å². The largest absolute Gasteiger partial charge is 0.398 e. The number of hydrogen-bond acceptors (Lipinski definition) is 3. The van der Waals surface area contributed by atoms with Gasteiger partial charge in [-0.1, -0.05) is 12.1 Å². The zero-order valence-electron chi connectivity index (χ0n) is 13.6. The number of rotatable bonds is 2. The highest BCUT2D eigenvalue weighted by molar-refractivity contribution is 9.11. The van der Waals surface area contributed by atoms with Gasteiger partial charge in [0.2, 0.25) is 0 Å². The standard InChI is InChI=1S/C20H18Br2N2O/c21-16-10-12(4-6-18(16)23)8-14-2-1-3-15(20(14)25)9-13-5-7-19(24)17(22)11-13/h4-11H,1-3,23-24H2/b14-8+,15-9+. The van der Waals surface area contributed by atoms with Crippen LogP contribution in [-0.2, 0) is 4.79 Å². The fourth-order valence-corrected chi connectivity index (χ4v) is 3.64. The van der Waals surface area contributed by atoms with Crippen molar-refractivity contribution in [3.8, 4) is 0 Å². The van der Waals surface area contributed by atoms with Crippen molar-refractivity contribution in [1.29, 1.82) is 0 Å². The number of allylic oxidation sites excluding steroid dienone is 2. The molecule has 0 bridgehead atoms. The Labute approximate surface area is 164 Å². The Morgan fingerprint density at radius 2 is 1.24 bits per heavy atom. The number of nitrogen functional groups attached to an aromatic ring is 2. The lowest BCUT2D eigenvalue weighted by molar-refractivity contribution is -0.112. The minimum absolute atomic E-state index is 0.118. The van der Waals surface area contributed by atoms with Gasteiger partial charge < -0.3 is 11.5 Å². The van der Waals surface area contributed by atoms with Crippen LogP contribution in [0.4, 0.5) is 11.4 Å². The van der Waals surface area contributed by atoms with Crippen LogP contribution in [0.1, 0.15) is 30.4 Å². The second-order valence-electron chi connectivity index (χ2n) is 6.08. The van der Waals surface area contributed by atoms with Gasteiger partial charge in [0.25, 0.3) is 0 Å². The molecule has 0 saturated heterocycles. The zero-order chi connectivity index (χ0) is 18.0. The van der Waals surface area contributed by atoms with E-state index < -0.39 is 0 Å². The summed E-state index contributed by atoms with van der Waals surface area (Å²) in [6.07, 6.45) is 6.47. The van der Waals surface area contributed by atoms with Gasteiger partial charge in [0.05, 0.1) is 0 Å². The number of ketones is 1. The topological polar surface area (TPSA) is 69.1 Å². The van der Waals surface area contributed by atoms with E-state index in [1.807, 2.05) is 48.6 Å². The Bertz CT molecular complexity index is 829. The zero-order valence-corrected chi connectivity index (χ0v) is 16.7. The van der Waals surface area contributed by atoms with Crippen molar-refractivity contribution in [2.75, 3.05) is 11.5 Å². The summed E-state index contributed by atoms with van der Waals surface area (Å²) in [7, 11) is 0. The Morgan fingerprint density at radius 1 is 0.800 bits per heavy atom. The van der Waals surface area contributed by atoms with Gasteiger partial charge in [-0.25, -0.2) is 0 Å². The van der Waals surface area contributed by atoms with Crippen LogP contribution in [0.25, 0.3) is 12.2 Å². The summed E-state index contributed by atoms with van der Waals surface area (Å²) in [5.74, 6) is 0.118. The third-order valence-electron chi connectivity index (χ3n) is 4.21. The van der Waals surface area contributed by atoms with Crippen LogP contribution >= 0.6 is 31.9 Å². The van der Waals surface area contributed by atoms with E-state index in [2.05, 4.69) is 31.9 Å². The maximum atomic E-state index is 12.8. The van der Waals surface area contributed by atoms with Gasteiger partial charge in [-0.15, -0.1) is 0 Å². The summed E-state index contributed by atoms with van der Waals surface area (Å²) in [5, 5.41) is 0. The molecule has 0 aliphatic heterocycles. The van der Waals surface area contributed by atoms with Gasteiger partial charge in [0.15, 0.2) is 5.78 Å². The first-order chi connectivity index (χ1) is 11.9. The number of anilines is 2. The molecule has 1 fully saturated rings. The average Bonchev–Trinajstić information content (AvgIpc) is 2.58. The summed E-state index contributed by atoms with van der Waals surface area (Å²) in [4.78, 5) is 12.8. The molecule has 5 heteroatoms. The molecule has 1 saturated carbocycles. The molecule has 128 valence electrons. The number of halogens is 2. The van der Waals surface area contributed by atoms with E-state index in [1.54, 1.807) is 0 Å². The Morgan fingerprint density at radius 3 is 1.64 bits per heavy atom. The smallest absolute Gasteiger partial charge is 0.185 e. The molecule has 2 aromatic carbocycles. The number of benzene rings is 2. The van der Waals surface area contributed by atoms with Crippen molar-refractivity contribution in [2.24, 2.45) is 0 Å². The first kappa shape index (κ1) is 18.0. The Balaban J connectivity index is 1.89. The molecule has 0 aromatic heterocycles. The second kappa shape index (κ2) is 7.58. The number of carbonyl (C=O) groups excluding carboxylic acids is 1. The lowest BCUT2D eigenvalue weighted by Crippen LogP contribution is -2.12. The summed E-state index contributed by atoms with van der Waals surface area (Å²) >= 11 is 6.86. The van der Waals surface area contributed by atoms with Crippen LogP contribution in [0.5, 0.6) is 0 Å². The normalized spacial score (nSPS) is 18.1. The predicted octanol–water partition coefficient (Wildman–Crippen LogP) is 5.60. The third kappa shape index (κ3) is 4.22. The van der Waals surface area contributed by atoms with E-state index in [0.29, 0.717) is 11.4 Å². The maximum Gasteiger partial charge on any atom is 0.185 e. The number of carbonyl (C=O) groups is 1. The summed E-state index contributed by atoms with van der Waals surface area (Å²) < 4.78 is 1.68. The lowest BCUT2D eigenvalue weighted by Gasteiger charge is -2.17. The molecule has 0 radical (unpaired) electrons. The number of Topliss-reactive ketones (excluding diaryl/α,β-unsaturated/α-hetero) is 1. The van der Waals surface area contributed by atoms with Gasteiger partial charge in [-0.2, -0.15) is 0 Å². The maximum absolute atomic E-state index is 12.8. The Kier molecular flexibility index (Phi) is 5.45. The number of hydrogen-bond donors (Lipinski definition) is 2. The van der Waals surface area contributed by atoms with Gasteiger partial charge in [-0.3, -0.25) is 4.79 Å². The molecule has 1 aliphatic carbocycles.